The molecule has 4 unspecified atom stereocenters. The van der Waals surface area contributed by atoms with E-state index < -0.39 is 35.4 Å². The monoisotopic (exact) mass is 465 g/mol. The number of nitrogens with one attached hydrogen (secondary N) is 2. The first-order valence-corrected chi connectivity index (χ1v) is 11.7. The third kappa shape index (κ3) is 4.63. The zero-order chi connectivity index (χ0) is 23.0. The van der Waals surface area contributed by atoms with Crippen LogP contribution in [-0.4, -0.2) is 75.9 Å². The molecule has 0 aromatic rings. The summed E-state index contributed by atoms with van der Waals surface area (Å²) in [5, 5.41) is 13.9. The normalized spacial score (nSPS) is 28.9. The lowest BCUT2D eigenvalue weighted by molar-refractivity contribution is -0.145. The number of amides is 3. The van der Waals surface area contributed by atoms with Crippen LogP contribution in [-0.2, 0) is 23.9 Å². The van der Waals surface area contributed by atoms with Crippen molar-refractivity contribution in [3.05, 3.63) is 23.4 Å². The highest BCUT2D eigenvalue weighted by atomic mass is 32.2. The van der Waals surface area contributed by atoms with Gasteiger partial charge < -0.3 is 30.1 Å². The van der Waals surface area contributed by atoms with Crippen molar-refractivity contribution in [2.24, 2.45) is 5.92 Å². The smallest absolute Gasteiger partial charge is 0.408 e. The fourth-order valence-electron chi connectivity index (χ4n) is 3.99. The molecule has 0 radical (unpaired) electrons. The van der Waals surface area contributed by atoms with Crippen molar-refractivity contribution < 1.29 is 33.8 Å². The van der Waals surface area contributed by atoms with E-state index in [9.17, 15) is 24.3 Å². The molecule has 174 valence electrons. The Balaban J connectivity index is 1.43. The Labute approximate surface area is 189 Å². The molecule has 10 nitrogen and oxygen atoms in total. The van der Waals surface area contributed by atoms with E-state index in [-0.39, 0.29) is 29.4 Å². The van der Waals surface area contributed by atoms with Gasteiger partial charge in [-0.2, -0.15) is 0 Å². The van der Waals surface area contributed by atoms with Crippen LogP contribution >= 0.6 is 11.8 Å². The highest BCUT2D eigenvalue weighted by Crippen LogP contribution is 2.40. The molecule has 0 bridgehead atoms. The van der Waals surface area contributed by atoms with Gasteiger partial charge in [0.05, 0.1) is 18.8 Å². The predicted molar refractivity (Wildman–Crippen MR) is 114 cm³/mol. The molecule has 0 spiro atoms. The molecular formula is C21H27N3O7S. The lowest BCUT2D eigenvalue weighted by atomic mass is 10.0. The number of thioether (sulfide) groups is 1. The van der Waals surface area contributed by atoms with Crippen LogP contribution in [0.2, 0.25) is 0 Å². The molecule has 4 aliphatic rings. The second-order valence-electron chi connectivity index (χ2n) is 8.44. The van der Waals surface area contributed by atoms with Crippen LogP contribution in [0.25, 0.3) is 0 Å². The van der Waals surface area contributed by atoms with Crippen molar-refractivity contribution >= 4 is 35.6 Å². The van der Waals surface area contributed by atoms with Gasteiger partial charge in [-0.1, -0.05) is 6.08 Å². The second-order valence-corrected chi connectivity index (χ2v) is 9.90. The average Bonchev–Trinajstić information content (AvgIpc) is 3.61. The summed E-state index contributed by atoms with van der Waals surface area (Å²) < 4.78 is 10.8. The Morgan fingerprint density at radius 3 is 2.72 bits per heavy atom. The molecule has 32 heavy (non-hydrogen) atoms. The number of nitrogens with zero attached hydrogens (tertiary/aromatic N) is 1. The minimum Gasteiger partial charge on any atom is -0.478 e. The number of carbonyl (C=O) groups is 4. The van der Waals surface area contributed by atoms with Crippen molar-refractivity contribution in [3.63, 3.8) is 0 Å². The number of hydrogen-bond donors (Lipinski definition) is 3. The first-order valence-electron chi connectivity index (χ1n) is 10.7. The largest absolute Gasteiger partial charge is 0.478 e. The van der Waals surface area contributed by atoms with Gasteiger partial charge in [0.15, 0.2) is 0 Å². The lowest BCUT2D eigenvalue weighted by Crippen LogP contribution is -2.70. The summed E-state index contributed by atoms with van der Waals surface area (Å²) in [6.07, 6.45) is 4.93. The van der Waals surface area contributed by atoms with Gasteiger partial charge in [-0.15, -0.1) is 11.8 Å². The number of β-lactam (4-membered cyclic amide) rings is 1. The molecule has 1 saturated heterocycles. The Bertz CT molecular complexity index is 885. The average molecular weight is 466 g/mol. The number of hydrogen-bond acceptors (Lipinski definition) is 7. The Hall–Kier alpha value is -2.53. The maximum Gasteiger partial charge on any atom is 0.408 e. The van der Waals surface area contributed by atoms with Crippen molar-refractivity contribution in [3.8, 4) is 0 Å². The van der Waals surface area contributed by atoms with E-state index in [0.29, 0.717) is 24.5 Å². The number of aliphatic carboxylic acids is 1. The van der Waals surface area contributed by atoms with Crippen LogP contribution in [0.1, 0.15) is 33.1 Å². The van der Waals surface area contributed by atoms with Crippen LogP contribution in [0.5, 0.6) is 0 Å². The maximum absolute atomic E-state index is 13.1. The molecule has 1 saturated carbocycles. The van der Waals surface area contributed by atoms with Gasteiger partial charge in [0, 0.05) is 11.4 Å². The second kappa shape index (κ2) is 9.14. The van der Waals surface area contributed by atoms with E-state index in [1.165, 1.54) is 22.9 Å². The summed E-state index contributed by atoms with van der Waals surface area (Å²) >= 11 is 1.30. The molecule has 1 aliphatic carbocycles. The topological polar surface area (TPSA) is 134 Å². The highest BCUT2D eigenvalue weighted by Gasteiger charge is 2.52. The Morgan fingerprint density at radius 2 is 2.09 bits per heavy atom. The number of ether oxygens (including phenoxy) is 2. The first-order chi connectivity index (χ1) is 15.3. The summed E-state index contributed by atoms with van der Waals surface area (Å²) in [5.41, 5.74) is 0.743. The number of carbonyl (C=O) groups excluding carboxylic acids is 3. The summed E-state index contributed by atoms with van der Waals surface area (Å²) in [6.45, 7) is 4.31. The molecule has 0 aromatic heterocycles. The van der Waals surface area contributed by atoms with Gasteiger partial charge in [-0.05, 0) is 44.6 Å². The van der Waals surface area contributed by atoms with E-state index in [1.807, 2.05) is 13.0 Å². The zero-order valence-electron chi connectivity index (χ0n) is 17.9. The number of alkyl carbamates (subject to hydrolysis) is 1. The van der Waals surface area contributed by atoms with Crippen LogP contribution in [0.15, 0.2) is 23.4 Å². The summed E-state index contributed by atoms with van der Waals surface area (Å²) in [4.78, 5) is 50.8. The number of carboxylic acid groups (broad SMARTS) is 1. The number of rotatable bonds is 7. The van der Waals surface area contributed by atoms with E-state index in [4.69, 9.17) is 9.47 Å². The standard InChI is InChI=1S/C21H27N3O7S/c1-10(12-5-6-12)31-21(29)23-15(13-4-3-7-30-9-13)17(25)22-16-18(26)24-8-14(20(27)28)11(2)32-19(16)24/h4,8,10-12,15-16,19H,3,5-7,9H2,1-2H3,(H,22,25)(H,23,29)(H,27,28)/t10?,11?,15?,16?,19-/m1/s1. The predicted octanol–water partition coefficient (Wildman–Crippen LogP) is 0.983. The first kappa shape index (κ1) is 22.7. The fourth-order valence-corrected chi connectivity index (χ4v) is 5.35. The molecule has 5 atom stereocenters. The summed E-state index contributed by atoms with van der Waals surface area (Å²) in [6, 6.07) is -1.83. The Morgan fingerprint density at radius 1 is 1.34 bits per heavy atom. The van der Waals surface area contributed by atoms with Crippen molar-refractivity contribution in [2.75, 3.05) is 13.2 Å². The third-order valence-corrected chi connectivity index (χ3v) is 7.54. The van der Waals surface area contributed by atoms with Crippen LogP contribution in [0.4, 0.5) is 4.79 Å². The quantitative estimate of drug-likeness (QED) is 0.374. The van der Waals surface area contributed by atoms with E-state index in [1.54, 1.807) is 6.92 Å². The molecule has 2 fully saturated rings. The molecule has 3 aliphatic heterocycles. The van der Waals surface area contributed by atoms with E-state index in [2.05, 4.69) is 10.6 Å². The highest BCUT2D eigenvalue weighted by molar-refractivity contribution is 8.00. The number of carboxylic acids is 1. The van der Waals surface area contributed by atoms with Crippen molar-refractivity contribution in [1.29, 1.82) is 0 Å². The molecule has 11 heteroatoms. The minimum atomic E-state index is -1.07. The van der Waals surface area contributed by atoms with E-state index in [0.717, 1.165) is 12.8 Å². The van der Waals surface area contributed by atoms with Gasteiger partial charge in [0.25, 0.3) is 5.91 Å². The Kier molecular flexibility index (Phi) is 6.47. The third-order valence-electron chi connectivity index (χ3n) is 6.10. The molecule has 3 amide bonds. The fraction of sp³-hybridized carbons (Fsp3) is 0.619. The van der Waals surface area contributed by atoms with Crippen molar-refractivity contribution in [2.45, 2.75) is 61.9 Å². The van der Waals surface area contributed by atoms with Gasteiger partial charge in [0.2, 0.25) is 5.91 Å². The number of fused-ring (bicyclic) bond motifs is 1. The van der Waals surface area contributed by atoms with Gasteiger partial charge in [0.1, 0.15) is 23.6 Å². The van der Waals surface area contributed by atoms with Gasteiger partial charge in [-0.25, -0.2) is 9.59 Å². The maximum atomic E-state index is 13.1. The van der Waals surface area contributed by atoms with Crippen LogP contribution < -0.4 is 10.6 Å². The van der Waals surface area contributed by atoms with E-state index >= 15 is 0 Å². The molecule has 3 heterocycles. The van der Waals surface area contributed by atoms with Gasteiger partial charge in [-0.3, -0.25) is 9.59 Å². The molecule has 0 aromatic carbocycles. The van der Waals surface area contributed by atoms with Crippen LogP contribution in [0.3, 0.4) is 0 Å². The van der Waals surface area contributed by atoms with Gasteiger partial charge >= 0.3 is 12.1 Å². The minimum absolute atomic E-state index is 0.140. The van der Waals surface area contributed by atoms with Crippen molar-refractivity contribution in [1.82, 2.24) is 15.5 Å². The summed E-state index contributed by atoms with van der Waals surface area (Å²) in [5.74, 6) is -1.63. The zero-order valence-corrected chi connectivity index (χ0v) is 18.7. The van der Waals surface area contributed by atoms with Crippen LogP contribution in [0, 0.1) is 5.92 Å². The SMILES string of the molecule is CC1S[C@@H]2C(NC(=O)C(NC(=O)OC(C)C3CC3)C3=CCCOC3)C(=O)N2C=C1C(=O)O. The molecule has 4 rings (SSSR count). The molecular weight excluding hydrogens is 438 g/mol. The summed E-state index contributed by atoms with van der Waals surface area (Å²) in [7, 11) is 0. The lowest BCUT2D eigenvalue weighted by Gasteiger charge is -2.48. The molecule has 3 N–H and O–H groups in total.